The molecular weight excluding hydrogens is 246 g/mol. The van der Waals surface area contributed by atoms with Crippen molar-refractivity contribution < 1.29 is 4.79 Å². The molecule has 0 saturated heterocycles. The van der Waals surface area contributed by atoms with Gasteiger partial charge in [-0.25, -0.2) is 0 Å². The van der Waals surface area contributed by atoms with E-state index in [9.17, 15) is 4.79 Å². The Kier molecular flexibility index (Phi) is 3.72. The standard InChI is InChI=1S/C13H13N3OS/c1-8-4-5-9(2)11(6-8)7-18-13-14-12(17)10(3)15-16-13/h4-6H,3,7H2,1-2H3. The van der Waals surface area contributed by atoms with Crippen molar-refractivity contribution in [2.24, 2.45) is 15.2 Å². The second-order valence-corrected chi connectivity index (χ2v) is 5.01. The van der Waals surface area contributed by atoms with Crippen LogP contribution in [0.3, 0.4) is 0 Å². The molecule has 0 N–H and O–H groups in total. The largest absolute Gasteiger partial charge is 0.299 e. The molecule has 5 heteroatoms. The molecule has 1 aromatic carbocycles. The van der Waals surface area contributed by atoms with Crippen molar-refractivity contribution in [2.45, 2.75) is 19.6 Å². The summed E-state index contributed by atoms with van der Waals surface area (Å²) in [6.07, 6.45) is 0. The fraction of sp³-hybridized carbons (Fsp3) is 0.231. The topological polar surface area (TPSA) is 54.1 Å². The summed E-state index contributed by atoms with van der Waals surface area (Å²) in [6, 6.07) is 6.29. The van der Waals surface area contributed by atoms with E-state index in [1.807, 2.05) is 0 Å². The number of benzene rings is 1. The molecule has 0 aromatic heterocycles. The van der Waals surface area contributed by atoms with Gasteiger partial charge in [-0.05, 0) is 25.0 Å². The highest BCUT2D eigenvalue weighted by molar-refractivity contribution is 8.13. The maximum atomic E-state index is 11.3. The summed E-state index contributed by atoms with van der Waals surface area (Å²) in [4.78, 5) is 15.1. The number of hydrogen-bond acceptors (Lipinski definition) is 4. The van der Waals surface area contributed by atoms with E-state index in [1.54, 1.807) is 0 Å². The molecule has 0 unspecified atom stereocenters. The third-order valence-corrected chi connectivity index (χ3v) is 3.45. The number of rotatable bonds is 2. The molecule has 0 fully saturated rings. The summed E-state index contributed by atoms with van der Waals surface area (Å²) in [6.45, 7) is 7.56. The molecule has 1 aromatic rings. The molecular formula is C13H13N3OS. The van der Waals surface area contributed by atoms with Gasteiger partial charge in [-0.2, -0.15) is 4.99 Å². The van der Waals surface area contributed by atoms with Crippen LogP contribution in [0.4, 0.5) is 0 Å². The van der Waals surface area contributed by atoms with Crippen LogP contribution in [0.1, 0.15) is 16.7 Å². The molecule has 0 aliphatic carbocycles. The second kappa shape index (κ2) is 5.27. The van der Waals surface area contributed by atoms with E-state index >= 15 is 0 Å². The number of amidine groups is 1. The fourth-order valence-corrected chi connectivity index (χ4v) is 2.32. The third kappa shape index (κ3) is 2.92. The Morgan fingerprint density at radius 2 is 2.06 bits per heavy atom. The van der Waals surface area contributed by atoms with E-state index in [1.165, 1.54) is 28.5 Å². The third-order valence-electron chi connectivity index (χ3n) is 2.56. The van der Waals surface area contributed by atoms with Gasteiger partial charge in [0.05, 0.1) is 0 Å². The Bertz CT molecular complexity index is 576. The van der Waals surface area contributed by atoms with Crippen LogP contribution in [0.5, 0.6) is 0 Å². The smallest absolute Gasteiger partial charge is 0.265 e. The van der Waals surface area contributed by atoms with Crippen LogP contribution in [0, 0.1) is 13.8 Å². The first-order valence-corrected chi connectivity index (χ1v) is 6.47. The van der Waals surface area contributed by atoms with Crippen molar-refractivity contribution >= 4 is 22.8 Å². The maximum absolute atomic E-state index is 11.3. The zero-order chi connectivity index (χ0) is 13.1. The lowest BCUT2D eigenvalue weighted by Gasteiger charge is -2.07. The summed E-state index contributed by atoms with van der Waals surface area (Å²) in [5, 5.41) is 7.92. The van der Waals surface area contributed by atoms with E-state index in [2.05, 4.69) is 53.8 Å². The number of carbonyl (C=O) groups is 1. The van der Waals surface area contributed by atoms with Crippen molar-refractivity contribution in [1.82, 2.24) is 0 Å². The summed E-state index contributed by atoms with van der Waals surface area (Å²) in [5.74, 6) is 0.318. The minimum atomic E-state index is -0.409. The highest BCUT2D eigenvalue weighted by atomic mass is 32.2. The van der Waals surface area contributed by atoms with Crippen LogP contribution in [0.15, 0.2) is 45.7 Å². The first kappa shape index (κ1) is 12.7. The monoisotopic (exact) mass is 259 g/mol. The number of aliphatic imine (C=N–C) groups is 1. The maximum Gasteiger partial charge on any atom is 0.299 e. The van der Waals surface area contributed by atoms with Crippen molar-refractivity contribution in [3.63, 3.8) is 0 Å². The minimum Gasteiger partial charge on any atom is -0.265 e. The fourth-order valence-electron chi connectivity index (χ4n) is 1.48. The number of hydrogen-bond donors (Lipinski definition) is 0. The molecule has 0 atom stereocenters. The number of carbonyl (C=O) groups excluding carboxylic acids is 1. The first-order valence-electron chi connectivity index (χ1n) is 5.49. The molecule has 0 saturated carbocycles. The van der Waals surface area contributed by atoms with Gasteiger partial charge < -0.3 is 0 Å². The predicted molar refractivity (Wildman–Crippen MR) is 73.6 cm³/mol. The van der Waals surface area contributed by atoms with Crippen LogP contribution in [-0.2, 0) is 10.5 Å². The highest BCUT2D eigenvalue weighted by Gasteiger charge is 2.13. The molecule has 0 spiro atoms. The summed E-state index contributed by atoms with van der Waals surface area (Å²) in [7, 11) is 0. The number of aryl methyl sites for hydroxylation is 2. The van der Waals surface area contributed by atoms with Gasteiger partial charge in [0.15, 0.2) is 0 Å². The average molecular weight is 259 g/mol. The van der Waals surface area contributed by atoms with E-state index in [4.69, 9.17) is 0 Å². The highest BCUT2D eigenvalue weighted by Crippen LogP contribution is 2.21. The van der Waals surface area contributed by atoms with E-state index < -0.39 is 5.91 Å². The van der Waals surface area contributed by atoms with Gasteiger partial charge in [-0.1, -0.05) is 42.1 Å². The Hall–Kier alpha value is -1.75. The van der Waals surface area contributed by atoms with Crippen LogP contribution < -0.4 is 0 Å². The molecule has 2 rings (SSSR count). The van der Waals surface area contributed by atoms with E-state index in [-0.39, 0.29) is 5.70 Å². The molecule has 18 heavy (non-hydrogen) atoms. The van der Waals surface area contributed by atoms with Gasteiger partial charge in [0.1, 0.15) is 5.70 Å². The first-order chi connectivity index (χ1) is 8.56. The van der Waals surface area contributed by atoms with Crippen molar-refractivity contribution in [3.05, 3.63) is 47.2 Å². The molecule has 1 aliphatic heterocycles. The Balaban J connectivity index is 2.07. The van der Waals surface area contributed by atoms with Crippen LogP contribution in [0.25, 0.3) is 0 Å². The predicted octanol–water partition coefficient (Wildman–Crippen LogP) is 3.40. The van der Waals surface area contributed by atoms with Gasteiger partial charge >= 0.3 is 0 Å². The van der Waals surface area contributed by atoms with Gasteiger partial charge in [0.25, 0.3) is 5.91 Å². The van der Waals surface area contributed by atoms with Gasteiger partial charge in [-0.3, -0.25) is 4.79 Å². The average Bonchev–Trinajstić information content (AvgIpc) is 2.34. The second-order valence-electron chi connectivity index (χ2n) is 4.06. The molecule has 4 nitrogen and oxygen atoms in total. The Morgan fingerprint density at radius 1 is 1.28 bits per heavy atom. The van der Waals surface area contributed by atoms with Crippen molar-refractivity contribution in [1.29, 1.82) is 0 Å². The van der Waals surface area contributed by atoms with Gasteiger partial charge in [0.2, 0.25) is 5.17 Å². The quantitative estimate of drug-likeness (QED) is 0.764. The molecule has 1 aliphatic rings. The Labute approximate surface area is 110 Å². The summed E-state index contributed by atoms with van der Waals surface area (Å²) >= 11 is 1.41. The molecule has 0 radical (unpaired) electrons. The van der Waals surface area contributed by atoms with Gasteiger partial charge in [-0.15, -0.1) is 10.2 Å². The summed E-state index contributed by atoms with van der Waals surface area (Å²) < 4.78 is 0. The Morgan fingerprint density at radius 3 is 2.78 bits per heavy atom. The van der Waals surface area contributed by atoms with Crippen molar-refractivity contribution in [3.8, 4) is 0 Å². The number of thioether (sulfide) groups is 1. The lowest BCUT2D eigenvalue weighted by Crippen LogP contribution is -2.04. The zero-order valence-corrected chi connectivity index (χ0v) is 11.1. The zero-order valence-electron chi connectivity index (χ0n) is 10.3. The molecule has 92 valence electrons. The SMILES string of the molecule is C=C1N=NC(SCc2cc(C)ccc2C)=NC1=O. The number of nitrogens with zero attached hydrogens (tertiary/aromatic N) is 3. The normalized spacial score (nSPS) is 14.9. The molecule has 1 amide bonds. The van der Waals surface area contributed by atoms with E-state index in [0.717, 1.165) is 5.75 Å². The molecule has 0 bridgehead atoms. The van der Waals surface area contributed by atoms with E-state index in [0.29, 0.717) is 5.17 Å². The number of amides is 1. The minimum absolute atomic E-state index is 0.0890. The van der Waals surface area contributed by atoms with Crippen molar-refractivity contribution in [2.75, 3.05) is 0 Å². The number of azo groups is 1. The van der Waals surface area contributed by atoms with Crippen LogP contribution in [-0.4, -0.2) is 11.1 Å². The van der Waals surface area contributed by atoms with Crippen LogP contribution >= 0.6 is 11.8 Å². The molecule has 1 heterocycles. The van der Waals surface area contributed by atoms with Crippen LogP contribution in [0.2, 0.25) is 0 Å². The lowest BCUT2D eigenvalue weighted by molar-refractivity contribution is -0.114. The lowest BCUT2D eigenvalue weighted by atomic mass is 10.1. The van der Waals surface area contributed by atoms with Gasteiger partial charge in [0, 0.05) is 5.75 Å². The summed E-state index contributed by atoms with van der Waals surface area (Å²) in [5.41, 5.74) is 3.74.